The van der Waals surface area contributed by atoms with Gasteiger partial charge in [-0.1, -0.05) is 292 Å². The fourth-order valence-electron chi connectivity index (χ4n) is 12.7. The van der Waals surface area contributed by atoms with E-state index in [1.807, 2.05) is 0 Å². The number of benzene rings is 11. The molecule has 0 heteroatoms. The number of rotatable bonds is 22. The molecule has 0 bridgehead atoms. The largest absolute Gasteiger partial charge is 0.0654 e. The molecule has 0 unspecified atom stereocenters. The van der Waals surface area contributed by atoms with Gasteiger partial charge >= 0.3 is 0 Å². The maximum absolute atomic E-state index is 3.76. The first-order valence-corrected chi connectivity index (χ1v) is 34.0. The minimum atomic E-state index is 1.02. The molecule has 11 aromatic rings. The van der Waals surface area contributed by atoms with Gasteiger partial charge in [-0.3, -0.25) is 0 Å². The molecule has 11 aromatic carbocycles. The number of fused-ring (bicyclic) bond motifs is 4. The number of aryl methyl sites for hydroxylation is 4. The molecule has 0 nitrogen and oxygen atoms in total. The van der Waals surface area contributed by atoms with Crippen LogP contribution in [0.4, 0.5) is 0 Å². The van der Waals surface area contributed by atoms with Crippen LogP contribution in [0.15, 0.2) is 206 Å². The maximum atomic E-state index is 3.76. The van der Waals surface area contributed by atoms with Gasteiger partial charge in [0.25, 0.3) is 0 Å². The molecule has 0 aliphatic carbocycles. The van der Waals surface area contributed by atoms with Crippen molar-refractivity contribution in [2.24, 2.45) is 0 Å². The van der Waals surface area contributed by atoms with Gasteiger partial charge in [-0.2, -0.15) is 0 Å². The smallest absolute Gasteiger partial charge is 0.0407 e. The topological polar surface area (TPSA) is 0 Å². The Morgan fingerprint density at radius 3 is 0.733 bits per heavy atom. The lowest BCUT2D eigenvalue weighted by atomic mass is 9.88. The second-order valence-electron chi connectivity index (χ2n) is 24.7. The summed E-state index contributed by atoms with van der Waals surface area (Å²) in [4.78, 5) is 0. The lowest BCUT2D eigenvalue weighted by molar-refractivity contribution is 0.667. The SMILES string of the molecule is CCCCCCc1ccc(C#Cc2c3ccccc3c(C#Cc3ccc(CCCCCC)cc3)c3cc(-c4cccc(-c5ccc6c(C#Cc7ccc(CCCCCC)cc7)c7ccccc7c(C#Cc7ccc(CCCCCC)cc7)c6c5)c4)ccc23)cc1. The van der Waals surface area contributed by atoms with Crippen molar-refractivity contribution in [3.8, 4) is 69.6 Å². The summed E-state index contributed by atoms with van der Waals surface area (Å²) >= 11 is 0. The highest BCUT2D eigenvalue weighted by Crippen LogP contribution is 2.39. The van der Waals surface area contributed by atoms with Gasteiger partial charge in [0.1, 0.15) is 0 Å². The first-order chi connectivity index (χ1) is 44.5. The first kappa shape index (κ1) is 62.3. The van der Waals surface area contributed by atoms with Crippen molar-refractivity contribution in [1.82, 2.24) is 0 Å². The molecule has 446 valence electrons. The van der Waals surface area contributed by atoms with E-state index in [9.17, 15) is 0 Å². The van der Waals surface area contributed by atoms with E-state index < -0.39 is 0 Å². The van der Waals surface area contributed by atoms with Crippen LogP contribution in [0.1, 0.15) is 197 Å². The molecule has 0 aliphatic heterocycles. The molecule has 0 saturated heterocycles. The second-order valence-corrected chi connectivity index (χ2v) is 24.7. The fourth-order valence-corrected chi connectivity index (χ4v) is 12.7. The number of hydrogen-bond acceptors (Lipinski definition) is 0. The Morgan fingerprint density at radius 2 is 0.456 bits per heavy atom. The summed E-state index contributed by atoms with van der Waals surface area (Å²) in [5.41, 5.74) is 18.2. The molecule has 0 radical (unpaired) electrons. The van der Waals surface area contributed by atoms with Crippen molar-refractivity contribution in [3.05, 3.63) is 273 Å². The lowest BCUT2D eigenvalue weighted by Gasteiger charge is -2.14. The highest BCUT2D eigenvalue weighted by molar-refractivity contribution is 6.12. The predicted octanol–water partition coefficient (Wildman–Crippen LogP) is 23.7. The predicted molar refractivity (Wildman–Crippen MR) is 388 cm³/mol. The summed E-state index contributed by atoms with van der Waals surface area (Å²) in [5, 5.41) is 8.83. The molecule has 0 fully saturated rings. The van der Waals surface area contributed by atoms with Crippen LogP contribution in [0, 0.1) is 47.4 Å². The van der Waals surface area contributed by atoms with Crippen molar-refractivity contribution in [2.45, 2.75) is 156 Å². The average Bonchev–Trinajstić information content (AvgIpc) is 0.791. The van der Waals surface area contributed by atoms with Crippen molar-refractivity contribution in [3.63, 3.8) is 0 Å². The van der Waals surface area contributed by atoms with E-state index in [-0.39, 0.29) is 0 Å². The molecular weight excluding hydrogens is 1080 g/mol. The van der Waals surface area contributed by atoms with E-state index in [1.54, 1.807) is 0 Å². The third-order valence-electron chi connectivity index (χ3n) is 18.0. The van der Waals surface area contributed by atoms with E-state index in [4.69, 9.17) is 0 Å². The Hall–Kier alpha value is -9.30. The molecule has 11 rings (SSSR count). The Bertz CT molecular complexity index is 4210. The van der Waals surface area contributed by atoms with E-state index in [0.29, 0.717) is 0 Å². The van der Waals surface area contributed by atoms with Gasteiger partial charge in [-0.05, 0) is 206 Å². The zero-order valence-electron chi connectivity index (χ0n) is 53.8. The standard InChI is InChI=1S/C90H86/c1-5-9-13-17-26-67-36-44-71(45-37-67)52-58-83-79-32-21-23-34-81(79)85(60-54-73-48-40-69(41-49-73)28-19-15-11-7-3)89-65-77(56-62-87(83)89)75-30-25-31-76(64-75)78-57-63-88-84(59-53-72-46-38-68(39-47-72)27-18-14-10-6-2)80-33-22-24-35-82(80)86(90(88)66-78)61-55-74-50-42-70(43-51-74)29-20-16-12-8-4/h21-25,30-51,56-57,62-66H,5-20,26-29H2,1-4H3. The van der Waals surface area contributed by atoms with Gasteiger partial charge in [0.15, 0.2) is 0 Å². The molecule has 0 saturated carbocycles. The summed E-state index contributed by atoms with van der Waals surface area (Å²) in [7, 11) is 0. The molecular formula is C90H86. The number of unbranched alkanes of at least 4 members (excludes halogenated alkanes) is 12. The lowest BCUT2D eigenvalue weighted by Crippen LogP contribution is -1.93. The molecule has 0 aliphatic rings. The van der Waals surface area contributed by atoms with Crippen molar-refractivity contribution in [1.29, 1.82) is 0 Å². The number of hydrogen-bond donors (Lipinski definition) is 0. The highest BCUT2D eigenvalue weighted by atomic mass is 14.2. The minimum absolute atomic E-state index is 1.02. The Balaban J connectivity index is 1.00. The Kier molecular flexibility index (Phi) is 22.0. The minimum Gasteiger partial charge on any atom is -0.0654 e. The third kappa shape index (κ3) is 15.9. The zero-order valence-corrected chi connectivity index (χ0v) is 53.8. The van der Waals surface area contributed by atoms with Crippen molar-refractivity contribution >= 4 is 43.1 Å². The fraction of sp³-hybridized carbons (Fsp3) is 0.267. The first-order valence-electron chi connectivity index (χ1n) is 34.0. The molecule has 0 amide bonds. The van der Waals surface area contributed by atoms with Crippen LogP contribution in [-0.4, -0.2) is 0 Å². The summed E-state index contributed by atoms with van der Waals surface area (Å²) < 4.78 is 0. The van der Waals surface area contributed by atoms with E-state index >= 15 is 0 Å². The monoisotopic (exact) mass is 1170 g/mol. The average molecular weight is 1170 g/mol. The molecule has 90 heavy (non-hydrogen) atoms. The van der Waals surface area contributed by atoms with Gasteiger partial charge in [-0.25, -0.2) is 0 Å². The van der Waals surface area contributed by atoms with Gasteiger partial charge in [0.05, 0.1) is 0 Å². The third-order valence-corrected chi connectivity index (χ3v) is 18.0. The highest BCUT2D eigenvalue weighted by Gasteiger charge is 2.17. The molecule has 0 heterocycles. The van der Waals surface area contributed by atoms with Crippen LogP contribution in [0.3, 0.4) is 0 Å². The van der Waals surface area contributed by atoms with Crippen LogP contribution in [-0.2, 0) is 25.7 Å². The quantitative estimate of drug-likeness (QED) is 0.0360. The van der Waals surface area contributed by atoms with Gasteiger partial charge in [0.2, 0.25) is 0 Å². The summed E-state index contributed by atoms with van der Waals surface area (Å²) in [6, 6.07) is 75.9. The van der Waals surface area contributed by atoms with E-state index in [1.165, 1.54) is 125 Å². The summed E-state index contributed by atoms with van der Waals surface area (Å²) in [6.07, 6.45) is 24.6. The normalized spacial score (nSPS) is 11.0. The van der Waals surface area contributed by atoms with Crippen molar-refractivity contribution < 1.29 is 0 Å². The van der Waals surface area contributed by atoms with Crippen LogP contribution < -0.4 is 0 Å². The summed E-state index contributed by atoms with van der Waals surface area (Å²) in [6.45, 7) is 9.08. The maximum Gasteiger partial charge on any atom is 0.0407 e. The summed E-state index contributed by atoms with van der Waals surface area (Å²) in [5.74, 6) is 29.4. The van der Waals surface area contributed by atoms with E-state index in [0.717, 1.165) is 136 Å². The van der Waals surface area contributed by atoms with Crippen LogP contribution in [0.2, 0.25) is 0 Å². The molecule has 0 atom stereocenters. The molecule has 0 N–H and O–H groups in total. The van der Waals surface area contributed by atoms with Crippen LogP contribution in [0.25, 0.3) is 65.3 Å². The van der Waals surface area contributed by atoms with Crippen LogP contribution in [0.5, 0.6) is 0 Å². The molecule has 0 spiro atoms. The Morgan fingerprint density at radius 1 is 0.200 bits per heavy atom. The van der Waals surface area contributed by atoms with Crippen LogP contribution >= 0.6 is 0 Å². The Labute approximate surface area is 538 Å². The molecule has 0 aromatic heterocycles. The zero-order chi connectivity index (χ0) is 61.7. The second kappa shape index (κ2) is 31.7. The van der Waals surface area contributed by atoms with Crippen molar-refractivity contribution in [2.75, 3.05) is 0 Å². The van der Waals surface area contributed by atoms with Gasteiger partial charge in [-0.15, -0.1) is 0 Å². The van der Waals surface area contributed by atoms with Gasteiger partial charge in [0, 0.05) is 44.5 Å². The van der Waals surface area contributed by atoms with Gasteiger partial charge < -0.3 is 0 Å². The van der Waals surface area contributed by atoms with E-state index in [2.05, 4.69) is 281 Å².